The van der Waals surface area contributed by atoms with Crippen molar-refractivity contribution in [1.82, 2.24) is 15.2 Å². The summed E-state index contributed by atoms with van der Waals surface area (Å²) in [6.45, 7) is 5.44. The van der Waals surface area contributed by atoms with Crippen molar-refractivity contribution in [2.45, 2.75) is 26.4 Å². The van der Waals surface area contributed by atoms with E-state index in [1.54, 1.807) is 22.9 Å². The number of pyridine rings is 1. The quantitative estimate of drug-likeness (QED) is 0.174. The van der Waals surface area contributed by atoms with E-state index in [0.717, 1.165) is 42.3 Å². The monoisotopic (exact) mass is 546 g/mol. The molecule has 0 spiro atoms. The first-order valence-electron chi connectivity index (χ1n) is 10.7. The molecule has 32 heavy (non-hydrogen) atoms. The zero-order chi connectivity index (χ0) is 21.7. The van der Waals surface area contributed by atoms with E-state index < -0.39 is 0 Å². The number of hydrogen-bond acceptors (Lipinski definition) is 3. The fourth-order valence-corrected chi connectivity index (χ4v) is 3.04. The van der Waals surface area contributed by atoms with Crippen LogP contribution < -0.4 is 20.9 Å². The highest BCUT2D eigenvalue weighted by atomic mass is 127. The van der Waals surface area contributed by atoms with E-state index in [4.69, 9.17) is 4.74 Å². The van der Waals surface area contributed by atoms with E-state index in [9.17, 15) is 4.79 Å². The van der Waals surface area contributed by atoms with Crippen molar-refractivity contribution in [2.24, 2.45) is 4.99 Å². The lowest BCUT2D eigenvalue weighted by molar-refractivity contribution is 0.311. The number of para-hydroxylation sites is 1. The number of rotatable bonds is 10. The maximum absolute atomic E-state index is 11.9. The van der Waals surface area contributed by atoms with Gasteiger partial charge in [-0.1, -0.05) is 48.5 Å². The molecule has 6 nitrogen and oxygen atoms in total. The number of guanidine groups is 1. The van der Waals surface area contributed by atoms with Gasteiger partial charge in [0, 0.05) is 25.4 Å². The van der Waals surface area contributed by atoms with Crippen molar-refractivity contribution in [3.63, 3.8) is 0 Å². The second-order valence-corrected chi connectivity index (χ2v) is 7.12. The highest BCUT2D eigenvalue weighted by Gasteiger charge is 2.00. The van der Waals surface area contributed by atoms with E-state index in [1.165, 1.54) is 0 Å². The Kier molecular flexibility index (Phi) is 11.4. The van der Waals surface area contributed by atoms with Crippen molar-refractivity contribution in [1.29, 1.82) is 0 Å². The van der Waals surface area contributed by atoms with Crippen molar-refractivity contribution < 1.29 is 4.74 Å². The van der Waals surface area contributed by atoms with Crippen LogP contribution in [0.25, 0.3) is 0 Å². The van der Waals surface area contributed by atoms with Gasteiger partial charge in [0.1, 0.15) is 5.75 Å². The Morgan fingerprint density at radius 2 is 1.66 bits per heavy atom. The fraction of sp³-hybridized carbons (Fsp3) is 0.280. The predicted molar refractivity (Wildman–Crippen MR) is 141 cm³/mol. The molecular weight excluding hydrogens is 515 g/mol. The summed E-state index contributed by atoms with van der Waals surface area (Å²) in [5.74, 6) is 1.69. The molecule has 7 heteroatoms. The summed E-state index contributed by atoms with van der Waals surface area (Å²) in [6, 6.07) is 23.3. The molecular formula is C25H31IN4O2. The summed E-state index contributed by atoms with van der Waals surface area (Å²) in [5.41, 5.74) is 2.21. The first-order valence-corrected chi connectivity index (χ1v) is 10.7. The van der Waals surface area contributed by atoms with Gasteiger partial charge in [-0.15, -0.1) is 24.0 Å². The average Bonchev–Trinajstić information content (AvgIpc) is 2.80. The summed E-state index contributed by atoms with van der Waals surface area (Å²) < 4.78 is 7.41. The van der Waals surface area contributed by atoms with Gasteiger partial charge in [0.15, 0.2) is 5.96 Å². The Morgan fingerprint density at radius 1 is 0.938 bits per heavy atom. The minimum Gasteiger partial charge on any atom is -0.494 e. The highest BCUT2D eigenvalue weighted by Crippen LogP contribution is 2.08. The number of benzene rings is 2. The van der Waals surface area contributed by atoms with E-state index >= 15 is 0 Å². The molecule has 0 aliphatic heterocycles. The largest absolute Gasteiger partial charge is 0.494 e. The molecule has 0 aliphatic carbocycles. The summed E-state index contributed by atoms with van der Waals surface area (Å²) in [5, 5.41) is 6.62. The van der Waals surface area contributed by atoms with E-state index in [2.05, 4.69) is 34.7 Å². The zero-order valence-corrected chi connectivity index (χ0v) is 20.7. The molecule has 1 heterocycles. The number of aliphatic imine (C=N–C) groups is 1. The van der Waals surface area contributed by atoms with Gasteiger partial charge in [0.2, 0.25) is 0 Å². The van der Waals surface area contributed by atoms with Gasteiger partial charge in [-0.3, -0.25) is 4.79 Å². The number of nitrogens with zero attached hydrogens (tertiary/aromatic N) is 2. The Balaban J connectivity index is 0.00000363. The van der Waals surface area contributed by atoms with Crippen molar-refractivity contribution in [3.05, 3.63) is 100 Å². The second-order valence-electron chi connectivity index (χ2n) is 7.12. The van der Waals surface area contributed by atoms with Gasteiger partial charge < -0.3 is 19.9 Å². The van der Waals surface area contributed by atoms with E-state index in [1.807, 2.05) is 48.5 Å². The number of aromatic nitrogens is 1. The van der Waals surface area contributed by atoms with Crippen LogP contribution in [0.1, 0.15) is 24.5 Å². The third-order valence-corrected chi connectivity index (χ3v) is 4.66. The maximum Gasteiger partial charge on any atom is 0.250 e. The van der Waals surface area contributed by atoms with Crippen LogP contribution in [0.3, 0.4) is 0 Å². The van der Waals surface area contributed by atoms with Crippen LogP contribution in [0, 0.1) is 0 Å². The van der Waals surface area contributed by atoms with Crippen LogP contribution in [0.5, 0.6) is 5.75 Å². The Morgan fingerprint density at radius 3 is 2.38 bits per heavy atom. The van der Waals surface area contributed by atoms with Crippen molar-refractivity contribution >= 4 is 29.9 Å². The third-order valence-electron chi connectivity index (χ3n) is 4.66. The maximum atomic E-state index is 11.9. The molecule has 0 radical (unpaired) electrons. The van der Waals surface area contributed by atoms with Crippen LogP contribution >= 0.6 is 24.0 Å². The summed E-state index contributed by atoms with van der Waals surface area (Å²) in [7, 11) is 0. The SMILES string of the molecule is CCNC(=NCc1ccc(Cn2ccccc2=O)cc1)NCCCOc1ccccc1.I. The van der Waals surface area contributed by atoms with Crippen LogP contribution in [0.15, 0.2) is 88.8 Å². The molecule has 0 saturated carbocycles. The molecule has 0 aliphatic rings. The van der Waals surface area contributed by atoms with Crippen LogP contribution in [-0.2, 0) is 13.1 Å². The minimum atomic E-state index is 0. The highest BCUT2D eigenvalue weighted by molar-refractivity contribution is 14.0. The molecule has 0 saturated heterocycles. The Hall–Kier alpha value is -2.81. The lowest BCUT2D eigenvalue weighted by atomic mass is 10.1. The van der Waals surface area contributed by atoms with Gasteiger partial charge in [0.25, 0.3) is 5.56 Å². The smallest absolute Gasteiger partial charge is 0.250 e. The zero-order valence-electron chi connectivity index (χ0n) is 18.4. The summed E-state index contributed by atoms with van der Waals surface area (Å²) >= 11 is 0. The predicted octanol–water partition coefficient (Wildman–Crippen LogP) is 4.04. The number of hydrogen-bond donors (Lipinski definition) is 2. The van der Waals surface area contributed by atoms with E-state index in [-0.39, 0.29) is 29.5 Å². The standard InChI is InChI=1S/C25H30N4O2.HI/c1-2-26-25(27-16-8-18-31-23-9-4-3-5-10-23)28-19-21-12-14-22(15-13-21)20-29-17-7-6-11-24(29)30;/h3-7,9-15,17H,2,8,16,18-20H2,1H3,(H2,26,27,28);1H. The molecule has 3 rings (SSSR count). The first kappa shape index (κ1) is 25.5. The Bertz CT molecular complexity index is 1000. The van der Waals surface area contributed by atoms with Crippen LogP contribution in [-0.4, -0.2) is 30.2 Å². The minimum absolute atomic E-state index is 0. The van der Waals surface area contributed by atoms with Gasteiger partial charge >= 0.3 is 0 Å². The molecule has 1 aromatic heterocycles. The lowest BCUT2D eigenvalue weighted by Crippen LogP contribution is -2.38. The normalized spacial score (nSPS) is 10.8. The number of ether oxygens (including phenoxy) is 1. The van der Waals surface area contributed by atoms with Crippen molar-refractivity contribution in [3.8, 4) is 5.75 Å². The third kappa shape index (κ3) is 8.74. The average molecular weight is 546 g/mol. The van der Waals surface area contributed by atoms with Gasteiger partial charge in [-0.25, -0.2) is 4.99 Å². The second kappa shape index (κ2) is 14.3. The first-order chi connectivity index (χ1) is 15.2. The molecule has 3 aromatic rings. The molecule has 170 valence electrons. The molecule has 2 N–H and O–H groups in total. The molecule has 0 bridgehead atoms. The molecule has 0 atom stereocenters. The topological polar surface area (TPSA) is 67.7 Å². The van der Waals surface area contributed by atoms with Gasteiger partial charge in [-0.05, 0) is 42.7 Å². The summed E-state index contributed by atoms with van der Waals surface area (Å²) in [4.78, 5) is 16.5. The van der Waals surface area contributed by atoms with Crippen molar-refractivity contribution in [2.75, 3.05) is 19.7 Å². The molecule has 0 fully saturated rings. The fourth-order valence-electron chi connectivity index (χ4n) is 3.04. The Labute approximate surface area is 206 Å². The van der Waals surface area contributed by atoms with Gasteiger partial charge in [-0.2, -0.15) is 0 Å². The van der Waals surface area contributed by atoms with E-state index in [0.29, 0.717) is 19.7 Å². The van der Waals surface area contributed by atoms with Crippen LogP contribution in [0.4, 0.5) is 0 Å². The molecule has 2 aromatic carbocycles. The van der Waals surface area contributed by atoms with Gasteiger partial charge in [0.05, 0.1) is 19.7 Å². The number of nitrogens with one attached hydrogen (secondary N) is 2. The molecule has 0 unspecified atom stereocenters. The lowest BCUT2D eigenvalue weighted by Gasteiger charge is -2.12. The summed E-state index contributed by atoms with van der Waals surface area (Å²) in [6.07, 6.45) is 2.69. The molecule has 0 amide bonds. The number of halogens is 1. The van der Waals surface area contributed by atoms with Crippen LogP contribution in [0.2, 0.25) is 0 Å².